The molecule has 0 fully saturated rings. The molecule has 0 radical (unpaired) electrons. The molecule has 0 unspecified atom stereocenters. The maximum absolute atomic E-state index is 10.8. The Morgan fingerprint density at radius 3 is 2.00 bits per heavy atom. The molecule has 0 aromatic heterocycles. The molecule has 42 valence electrons. The zero-order valence-corrected chi connectivity index (χ0v) is 4.18. The Morgan fingerprint density at radius 2 is 2.00 bits per heavy atom. The van der Waals surface area contributed by atoms with Crippen LogP contribution < -0.4 is 0 Å². The van der Waals surface area contributed by atoms with Crippen molar-refractivity contribution in [1.82, 2.24) is 0 Å². The van der Waals surface area contributed by atoms with Gasteiger partial charge < -0.3 is 9.79 Å². The molecule has 5 heteroatoms. The van der Waals surface area contributed by atoms with Gasteiger partial charge in [0, 0.05) is 0 Å². The van der Waals surface area contributed by atoms with Crippen molar-refractivity contribution in [2.24, 2.45) is 0 Å². The van der Waals surface area contributed by atoms with Gasteiger partial charge >= 0.3 is 7.60 Å². The molecule has 0 saturated heterocycles. The fourth-order valence-corrected chi connectivity index (χ4v) is 0.220. The summed E-state index contributed by atoms with van der Waals surface area (Å²) < 4.78 is 20.4. The average molecular weight is 126 g/mol. The third-order valence-corrected chi connectivity index (χ3v) is 0.752. The molecule has 0 aromatic rings. The summed E-state index contributed by atoms with van der Waals surface area (Å²) in [6, 6.07) is 0. The molecule has 0 bridgehead atoms. The minimum atomic E-state index is -4.22. The van der Waals surface area contributed by atoms with Crippen LogP contribution in [0.1, 0.15) is 0 Å². The molecule has 0 aliphatic heterocycles. The molecule has 0 aliphatic rings. The van der Waals surface area contributed by atoms with Gasteiger partial charge in [0.05, 0.1) is 12.1 Å². The first kappa shape index (κ1) is 6.82. The molecule has 0 saturated carbocycles. The average Bonchev–Trinajstić information content (AvgIpc) is 1.30. The zero-order valence-electron chi connectivity index (χ0n) is 3.28. The number of rotatable bonds is 1. The van der Waals surface area contributed by atoms with Crippen molar-refractivity contribution < 1.29 is 18.7 Å². The molecule has 0 aromatic carbocycles. The normalized spacial score (nSPS) is 13.0. The Hall–Kier alpha value is -0.180. The van der Waals surface area contributed by atoms with Gasteiger partial charge in [-0.3, -0.25) is 4.57 Å². The van der Waals surface area contributed by atoms with Crippen LogP contribution in [0.5, 0.6) is 0 Å². The van der Waals surface area contributed by atoms with Crippen molar-refractivity contribution in [2.45, 2.75) is 0 Å². The van der Waals surface area contributed by atoms with Crippen LogP contribution in [0.25, 0.3) is 0 Å². The molecular weight excluding hydrogens is 122 g/mol. The fourth-order valence-electron chi connectivity index (χ4n) is 0.0734. The topological polar surface area (TPSA) is 57.5 Å². The van der Waals surface area contributed by atoms with Gasteiger partial charge in [-0.25, -0.2) is 4.39 Å². The van der Waals surface area contributed by atoms with Gasteiger partial charge in [-0.2, -0.15) is 0 Å². The van der Waals surface area contributed by atoms with Crippen LogP contribution in [0, 0.1) is 0 Å². The van der Waals surface area contributed by atoms with E-state index >= 15 is 0 Å². The monoisotopic (exact) mass is 126 g/mol. The summed E-state index contributed by atoms with van der Waals surface area (Å²) >= 11 is 0. The smallest absolute Gasteiger partial charge is 0.321 e. The second-order valence-electron chi connectivity index (χ2n) is 0.864. The van der Waals surface area contributed by atoms with Crippen molar-refractivity contribution in [3.8, 4) is 0 Å². The van der Waals surface area contributed by atoms with Crippen molar-refractivity contribution >= 4 is 7.60 Å². The van der Waals surface area contributed by atoms with Crippen LogP contribution in [0.15, 0.2) is 12.1 Å². The minimum Gasteiger partial charge on any atom is -0.321 e. The molecule has 0 spiro atoms. The van der Waals surface area contributed by atoms with Crippen LogP contribution in [0.2, 0.25) is 0 Å². The second kappa shape index (κ2) is 2.21. The van der Waals surface area contributed by atoms with Crippen molar-refractivity contribution in [3.63, 3.8) is 0 Å². The van der Waals surface area contributed by atoms with Gasteiger partial charge in [-0.1, -0.05) is 0 Å². The molecule has 3 nitrogen and oxygen atoms in total. The lowest BCUT2D eigenvalue weighted by Crippen LogP contribution is -1.64. The van der Waals surface area contributed by atoms with Crippen molar-refractivity contribution in [1.29, 1.82) is 0 Å². The summed E-state index contributed by atoms with van der Waals surface area (Å²) in [5, 5.41) is 0. The number of halogens is 1. The first-order valence-corrected chi connectivity index (χ1v) is 3.07. The highest BCUT2D eigenvalue weighted by Gasteiger charge is 2.03. The second-order valence-corrected chi connectivity index (χ2v) is 2.34. The van der Waals surface area contributed by atoms with E-state index in [4.69, 9.17) is 9.79 Å². The molecule has 0 atom stereocenters. The van der Waals surface area contributed by atoms with Gasteiger partial charge in [0.1, 0.15) is 0 Å². The zero-order chi connectivity index (χ0) is 5.91. The standard InChI is InChI=1S/C2H4FO3P/c3-1-2-7(4,5)6/h1-2H,(H2,4,5,6)/b2-1+. The van der Waals surface area contributed by atoms with Gasteiger partial charge in [-0.05, 0) is 0 Å². The molecule has 0 rings (SSSR count). The molecule has 0 heterocycles. The predicted octanol–water partition coefficient (Wildman–Crippen LogP) is 0.605. The maximum Gasteiger partial charge on any atom is 0.351 e. The van der Waals surface area contributed by atoms with Gasteiger partial charge in [-0.15, -0.1) is 0 Å². The van der Waals surface area contributed by atoms with Crippen LogP contribution in [0.3, 0.4) is 0 Å². The third-order valence-electron chi connectivity index (χ3n) is 0.251. The SMILES string of the molecule is O=P(O)(O)/C=C/F. The van der Waals surface area contributed by atoms with E-state index in [1.165, 1.54) is 0 Å². The first-order chi connectivity index (χ1) is 3.06. The highest BCUT2D eigenvalue weighted by atomic mass is 31.2. The van der Waals surface area contributed by atoms with Crippen LogP contribution in [-0.2, 0) is 4.57 Å². The number of hydrogen-bond donors (Lipinski definition) is 2. The number of hydrogen-bond acceptors (Lipinski definition) is 1. The van der Waals surface area contributed by atoms with Gasteiger partial charge in [0.25, 0.3) is 0 Å². The summed E-state index contributed by atoms with van der Waals surface area (Å²) in [7, 11) is -4.22. The van der Waals surface area contributed by atoms with Crippen molar-refractivity contribution in [2.75, 3.05) is 0 Å². The predicted molar refractivity (Wildman–Crippen MR) is 22.3 cm³/mol. The third kappa shape index (κ3) is 5.82. The summed E-state index contributed by atoms with van der Waals surface area (Å²) in [5.41, 5.74) is 0. The molecular formula is C2H4FO3P. The Kier molecular flexibility index (Phi) is 2.15. The van der Waals surface area contributed by atoms with Gasteiger partial charge in [0.2, 0.25) is 0 Å². The van der Waals surface area contributed by atoms with E-state index in [1.54, 1.807) is 0 Å². The Labute approximate surface area is 39.6 Å². The lowest BCUT2D eigenvalue weighted by Gasteiger charge is -1.88. The van der Waals surface area contributed by atoms with E-state index in [0.29, 0.717) is 0 Å². The lowest BCUT2D eigenvalue weighted by molar-refractivity contribution is 0.385. The van der Waals surface area contributed by atoms with Crippen LogP contribution in [-0.4, -0.2) is 9.79 Å². The fraction of sp³-hybridized carbons (Fsp3) is 0. The minimum absolute atomic E-state index is 0.180. The highest BCUT2D eigenvalue weighted by molar-refractivity contribution is 7.55. The largest absolute Gasteiger partial charge is 0.351 e. The van der Waals surface area contributed by atoms with Crippen LogP contribution in [0.4, 0.5) is 4.39 Å². The maximum atomic E-state index is 10.8. The molecule has 2 N–H and O–H groups in total. The Morgan fingerprint density at radius 1 is 1.57 bits per heavy atom. The molecule has 7 heavy (non-hydrogen) atoms. The summed E-state index contributed by atoms with van der Waals surface area (Å²) in [4.78, 5) is 15.6. The molecule has 0 aliphatic carbocycles. The first-order valence-electron chi connectivity index (χ1n) is 1.39. The summed E-state index contributed by atoms with van der Waals surface area (Å²) in [6.07, 6.45) is -0.180. The molecule has 0 amide bonds. The van der Waals surface area contributed by atoms with Crippen molar-refractivity contribution in [3.05, 3.63) is 12.1 Å². The Bertz CT molecular complexity index is 114. The van der Waals surface area contributed by atoms with E-state index < -0.39 is 7.60 Å². The van der Waals surface area contributed by atoms with E-state index in [0.717, 1.165) is 0 Å². The lowest BCUT2D eigenvalue weighted by atomic mass is 11.2. The highest BCUT2D eigenvalue weighted by Crippen LogP contribution is 2.35. The Balaban J connectivity index is 3.82. The summed E-state index contributed by atoms with van der Waals surface area (Å²) in [5.74, 6) is 0.188. The summed E-state index contributed by atoms with van der Waals surface area (Å²) in [6.45, 7) is 0. The van der Waals surface area contributed by atoms with Crippen LogP contribution >= 0.6 is 7.60 Å². The van der Waals surface area contributed by atoms with Gasteiger partial charge in [0.15, 0.2) is 0 Å². The van der Waals surface area contributed by atoms with E-state index in [-0.39, 0.29) is 12.1 Å². The quantitative estimate of drug-likeness (QED) is 0.506. The van der Waals surface area contributed by atoms with E-state index in [2.05, 4.69) is 0 Å². The van der Waals surface area contributed by atoms with E-state index in [9.17, 15) is 8.96 Å². The van der Waals surface area contributed by atoms with E-state index in [1.807, 2.05) is 0 Å².